The fourth-order valence-electron chi connectivity index (χ4n) is 3.71. The van der Waals surface area contributed by atoms with Crippen molar-refractivity contribution in [2.45, 2.75) is 32.0 Å². The van der Waals surface area contributed by atoms with E-state index in [1.54, 1.807) is 7.11 Å². The van der Waals surface area contributed by atoms with Crippen LogP contribution in [-0.2, 0) is 14.2 Å². The summed E-state index contributed by atoms with van der Waals surface area (Å²) in [4.78, 5) is 14.2. The fourth-order valence-corrected chi connectivity index (χ4v) is 3.71. The molecule has 3 rings (SSSR count). The number of nitrogens with zero attached hydrogens (tertiary/aromatic N) is 4. The standard InChI is InChI=1S/C21H35N5O3/c1-17(15-27-3)24-21(23-14-19-16-28-12-13-29-19)26-10-8-25(9-11-26)18(2)20-6-4-5-7-22-20/h4-7,17-19H,8-16H2,1-3H3,(H,23,24). The smallest absolute Gasteiger partial charge is 0.194 e. The maximum absolute atomic E-state index is 5.75. The topological polar surface area (TPSA) is 71.5 Å². The van der Waals surface area contributed by atoms with Crippen molar-refractivity contribution in [2.75, 3.05) is 66.3 Å². The summed E-state index contributed by atoms with van der Waals surface area (Å²) >= 11 is 0. The van der Waals surface area contributed by atoms with Gasteiger partial charge in [-0.15, -0.1) is 0 Å². The predicted octanol–water partition coefficient (Wildman–Crippen LogP) is 1.16. The Morgan fingerprint density at radius 2 is 2.10 bits per heavy atom. The van der Waals surface area contributed by atoms with E-state index in [1.165, 1.54) is 0 Å². The number of ether oxygens (including phenoxy) is 3. The highest BCUT2D eigenvalue weighted by Gasteiger charge is 2.25. The molecule has 1 aromatic heterocycles. The van der Waals surface area contributed by atoms with Gasteiger partial charge in [-0.25, -0.2) is 0 Å². The number of hydrogen-bond acceptors (Lipinski definition) is 6. The second-order valence-electron chi connectivity index (χ2n) is 7.69. The van der Waals surface area contributed by atoms with E-state index in [-0.39, 0.29) is 12.1 Å². The van der Waals surface area contributed by atoms with Crippen LogP contribution >= 0.6 is 0 Å². The number of rotatable bonds is 7. The molecule has 3 unspecified atom stereocenters. The second kappa shape index (κ2) is 11.4. The molecular formula is C21H35N5O3. The Bertz CT molecular complexity index is 616. The molecule has 0 aromatic carbocycles. The van der Waals surface area contributed by atoms with E-state index < -0.39 is 0 Å². The van der Waals surface area contributed by atoms with E-state index in [2.05, 4.69) is 46.1 Å². The molecule has 0 radical (unpaired) electrons. The van der Waals surface area contributed by atoms with Gasteiger partial charge in [0, 0.05) is 51.6 Å². The molecule has 1 N–H and O–H groups in total. The van der Waals surface area contributed by atoms with Gasteiger partial charge in [0.05, 0.1) is 38.7 Å². The number of hydrogen-bond donors (Lipinski definition) is 1. The predicted molar refractivity (Wildman–Crippen MR) is 113 cm³/mol. The molecule has 2 fully saturated rings. The lowest BCUT2D eigenvalue weighted by molar-refractivity contribution is -0.0833. The van der Waals surface area contributed by atoms with E-state index in [4.69, 9.17) is 19.2 Å². The molecule has 29 heavy (non-hydrogen) atoms. The monoisotopic (exact) mass is 405 g/mol. The Morgan fingerprint density at radius 3 is 2.76 bits per heavy atom. The molecule has 2 aliphatic heterocycles. The number of piperazine rings is 1. The number of nitrogens with one attached hydrogen (secondary N) is 1. The second-order valence-corrected chi connectivity index (χ2v) is 7.69. The lowest BCUT2D eigenvalue weighted by Gasteiger charge is -2.39. The van der Waals surface area contributed by atoms with Crippen LogP contribution in [0.15, 0.2) is 29.4 Å². The lowest BCUT2D eigenvalue weighted by Crippen LogP contribution is -2.55. The third-order valence-corrected chi connectivity index (χ3v) is 5.40. The average molecular weight is 406 g/mol. The minimum Gasteiger partial charge on any atom is -0.383 e. The minimum absolute atomic E-state index is 0.0312. The summed E-state index contributed by atoms with van der Waals surface area (Å²) in [7, 11) is 1.72. The summed E-state index contributed by atoms with van der Waals surface area (Å²) in [5.41, 5.74) is 1.12. The van der Waals surface area contributed by atoms with Crippen LogP contribution < -0.4 is 5.32 Å². The average Bonchev–Trinajstić information content (AvgIpc) is 2.78. The van der Waals surface area contributed by atoms with Crippen molar-refractivity contribution >= 4 is 5.96 Å². The molecule has 8 nitrogen and oxygen atoms in total. The van der Waals surface area contributed by atoms with Crippen molar-refractivity contribution in [3.05, 3.63) is 30.1 Å². The number of pyridine rings is 1. The van der Waals surface area contributed by atoms with Crippen LogP contribution in [0.2, 0.25) is 0 Å². The molecule has 0 spiro atoms. The highest BCUT2D eigenvalue weighted by molar-refractivity contribution is 5.80. The molecular weight excluding hydrogens is 370 g/mol. The SMILES string of the molecule is COCC(C)NC(=NCC1COCCO1)N1CCN(C(C)c2ccccn2)CC1. The van der Waals surface area contributed by atoms with Crippen LogP contribution in [0.1, 0.15) is 25.6 Å². The van der Waals surface area contributed by atoms with Crippen molar-refractivity contribution in [2.24, 2.45) is 4.99 Å². The van der Waals surface area contributed by atoms with Crippen molar-refractivity contribution in [1.29, 1.82) is 0 Å². The van der Waals surface area contributed by atoms with E-state index in [0.29, 0.717) is 39.0 Å². The first kappa shape index (κ1) is 22.0. The van der Waals surface area contributed by atoms with E-state index >= 15 is 0 Å². The molecule has 3 heterocycles. The van der Waals surface area contributed by atoms with Crippen LogP contribution in [0.25, 0.3) is 0 Å². The van der Waals surface area contributed by atoms with Gasteiger partial charge in [0.15, 0.2) is 5.96 Å². The molecule has 0 bridgehead atoms. The zero-order valence-electron chi connectivity index (χ0n) is 17.9. The maximum Gasteiger partial charge on any atom is 0.194 e. The van der Waals surface area contributed by atoms with Crippen LogP contribution in [0.3, 0.4) is 0 Å². The Labute approximate surface area is 174 Å². The van der Waals surface area contributed by atoms with Crippen LogP contribution in [-0.4, -0.2) is 99.2 Å². The van der Waals surface area contributed by atoms with Gasteiger partial charge in [0.2, 0.25) is 0 Å². The Balaban J connectivity index is 1.58. The van der Waals surface area contributed by atoms with Gasteiger partial charge in [-0.3, -0.25) is 14.9 Å². The first-order chi connectivity index (χ1) is 14.2. The molecule has 8 heteroatoms. The molecule has 2 aliphatic rings. The number of guanidine groups is 1. The number of aliphatic imine (C=N–C) groups is 1. The first-order valence-electron chi connectivity index (χ1n) is 10.6. The summed E-state index contributed by atoms with van der Waals surface area (Å²) in [6.07, 6.45) is 1.90. The van der Waals surface area contributed by atoms with Crippen molar-refractivity contribution < 1.29 is 14.2 Å². The van der Waals surface area contributed by atoms with Crippen molar-refractivity contribution in [1.82, 2.24) is 20.1 Å². The van der Waals surface area contributed by atoms with Crippen molar-refractivity contribution in [3.63, 3.8) is 0 Å². The van der Waals surface area contributed by atoms with Gasteiger partial charge in [0.25, 0.3) is 0 Å². The zero-order chi connectivity index (χ0) is 20.5. The highest BCUT2D eigenvalue weighted by Crippen LogP contribution is 2.19. The van der Waals surface area contributed by atoms with Crippen LogP contribution in [0, 0.1) is 0 Å². The molecule has 2 saturated heterocycles. The molecule has 3 atom stereocenters. The lowest BCUT2D eigenvalue weighted by atomic mass is 10.1. The number of methoxy groups -OCH3 is 1. The number of aromatic nitrogens is 1. The molecule has 162 valence electrons. The van der Waals surface area contributed by atoms with Gasteiger partial charge in [0.1, 0.15) is 6.10 Å². The van der Waals surface area contributed by atoms with Gasteiger partial charge in [-0.1, -0.05) is 6.07 Å². The Morgan fingerprint density at radius 1 is 1.28 bits per heavy atom. The molecule has 0 amide bonds. The summed E-state index contributed by atoms with van der Waals surface area (Å²) < 4.78 is 16.5. The van der Waals surface area contributed by atoms with Gasteiger partial charge < -0.3 is 24.4 Å². The third-order valence-electron chi connectivity index (χ3n) is 5.40. The first-order valence-corrected chi connectivity index (χ1v) is 10.6. The summed E-state index contributed by atoms with van der Waals surface area (Å²) in [5.74, 6) is 0.925. The van der Waals surface area contributed by atoms with E-state index in [9.17, 15) is 0 Å². The summed E-state index contributed by atoms with van der Waals surface area (Å²) in [6.45, 7) is 11.3. The van der Waals surface area contributed by atoms with Crippen molar-refractivity contribution in [3.8, 4) is 0 Å². The summed E-state index contributed by atoms with van der Waals surface area (Å²) in [5, 5.41) is 3.53. The molecule has 1 aromatic rings. The van der Waals surface area contributed by atoms with Gasteiger partial charge >= 0.3 is 0 Å². The quantitative estimate of drug-likeness (QED) is 0.539. The summed E-state index contributed by atoms with van der Waals surface area (Å²) in [6, 6.07) is 6.62. The van der Waals surface area contributed by atoms with Crippen LogP contribution in [0.4, 0.5) is 0 Å². The molecule has 0 aliphatic carbocycles. The molecule has 0 saturated carbocycles. The highest BCUT2D eigenvalue weighted by atomic mass is 16.6. The van der Waals surface area contributed by atoms with Gasteiger partial charge in [-0.05, 0) is 26.0 Å². The van der Waals surface area contributed by atoms with Gasteiger partial charge in [-0.2, -0.15) is 0 Å². The third kappa shape index (κ3) is 6.64. The van der Waals surface area contributed by atoms with Crippen LogP contribution in [0.5, 0.6) is 0 Å². The fraction of sp³-hybridized carbons (Fsp3) is 0.714. The largest absolute Gasteiger partial charge is 0.383 e. The maximum atomic E-state index is 5.75. The van der Waals surface area contributed by atoms with E-state index in [1.807, 2.05) is 12.3 Å². The minimum atomic E-state index is 0.0312. The Kier molecular flexibility index (Phi) is 8.67. The Hall–Kier alpha value is -1.74. The van der Waals surface area contributed by atoms with E-state index in [0.717, 1.165) is 37.8 Å². The zero-order valence-corrected chi connectivity index (χ0v) is 17.9. The normalized spacial score (nSPS) is 23.6.